The summed E-state index contributed by atoms with van der Waals surface area (Å²) in [5.41, 5.74) is -1.57. The summed E-state index contributed by atoms with van der Waals surface area (Å²) in [7, 11) is -3.71. The van der Waals surface area contributed by atoms with Crippen LogP contribution in [0.15, 0.2) is 18.2 Å². The molecule has 1 unspecified atom stereocenters. The minimum atomic E-state index is -3.71. The number of rotatable bonds is 10. The van der Waals surface area contributed by atoms with Gasteiger partial charge >= 0.3 is 7.60 Å². The number of hydrogen-bond acceptors (Lipinski definition) is 5. The summed E-state index contributed by atoms with van der Waals surface area (Å²) in [6, 6.07) is 3.39. The first-order valence-electron chi connectivity index (χ1n) is 8.13. The van der Waals surface area contributed by atoms with Gasteiger partial charge in [-0.05, 0) is 45.9 Å². The van der Waals surface area contributed by atoms with Crippen LogP contribution in [0, 0.1) is 6.92 Å². The van der Waals surface area contributed by atoms with Crippen LogP contribution in [-0.4, -0.2) is 30.6 Å². The molecule has 9 heteroatoms. The quantitative estimate of drug-likeness (QED) is 0.466. The lowest BCUT2D eigenvalue weighted by molar-refractivity contribution is -0.116. The van der Waals surface area contributed by atoms with E-state index in [0.717, 1.165) is 12.1 Å². The zero-order chi connectivity index (χ0) is 19.9. The van der Waals surface area contributed by atoms with E-state index in [4.69, 9.17) is 9.05 Å². The van der Waals surface area contributed by atoms with Crippen LogP contribution in [0.3, 0.4) is 0 Å². The Morgan fingerprint density at radius 1 is 1.19 bits per heavy atom. The van der Waals surface area contributed by atoms with Crippen LogP contribution in [0.2, 0.25) is 0 Å². The van der Waals surface area contributed by atoms with E-state index in [1.807, 2.05) is 0 Å². The molecule has 0 heterocycles. The minimum absolute atomic E-state index is 0.00371. The van der Waals surface area contributed by atoms with Crippen molar-refractivity contribution in [3.8, 4) is 0 Å². The summed E-state index contributed by atoms with van der Waals surface area (Å²) >= 11 is 0. The molecule has 0 fully saturated rings. The van der Waals surface area contributed by atoms with Gasteiger partial charge < -0.3 is 14.4 Å². The monoisotopic (exact) mass is 390 g/mol. The third kappa shape index (κ3) is 5.69. The molecule has 1 amide bonds. The number of ketones is 1. The van der Waals surface area contributed by atoms with E-state index in [2.05, 4.69) is 12.2 Å². The van der Waals surface area contributed by atoms with Crippen molar-refractivity contribution in [1.82, 2.24) is 0 Å². The van der Waals surface area contributed by atoms with Gasteiger partial charge in [0.2, 0.25) is 5.91 Å². The number of Topliss-reactive ketones (excluding diaryl/α,β-unsaturated/α-hetero) is 1. The second-order valence-corrected chi connectivity index (χ2v) is 7.73. The molecule has 0 spiro atoms. The standard InChI is InChI=1S/C17H23F2NO5P/c1-5-15(21)12-8-13(16(18)19)10-14(9-12)20-17(22)11(4)26(23,24-6-2)25-7-3/h8-11,16H,1,5-7H2,2-4H3,(H,20,22). The van der Waals surface area contributed by atoms with Gasteiger partial charge in [0.05, 0.1) is 13.2 Å². The Bertz CT molecular complexity index is 686. The predicted molar refractivity (Wildman–Crippen MR) is 94.7 cm³/mol. The number of alkyl halides is 2. The van der Waals surface area contributed by atoms with Crippen molar-refractivity contribution in [1.29, 1.82) is 0 Å². The average Bonchev–Trinajstić information content (AvgIpc) is 2.60. The third-order valence-corrected chi connectivity index (χ3v) is 5.92. The van der Waals surface area contributed by atoms with Crippen LogP contribution in [-0.2, 0) is 18.4 Å². The fourth-order valence-corrected chi connectivity index (χ4v) is 3.76. The average molecular weight is 390 g/mol. The lowest BCUT2D eigenvalue weighted by Gasteiger charge is -2.22. The molecule has 0 aromatic heterocycles. The van der Waals surface area contributed by atoms with Crippen LogP contribution >= 0.6 is 7.60 Å². The summed E-state index contributed by atoms with van der Waals surface area (Å²) in [5.74, 6) is -1.17. The number of carbonyl (C=O) groups excluding carboxylic acids is 2. The molecule has 1 rings (SSSR count). The smallest absolute Gasteiger partial charge is 0.325 e. The Hall–Kier alpha value is -1.63. The Labute approximate surface area is 151 Å². The lowest BCUT2D eigenvalue weighted by atomic mass is 10.0. The highest BCUT2D eigenvalue weighted by Gasteiger charge is 2.37. The SMILES string of the molecule is [CH2]CC(=O)c1cc(NC(=O)C(C)P(=O)(OCC)OCC)cc(C(F)F)c1. The molecule has 145 valence electrons. The number of nitrogens with one attached hydrogen (secondary N) is 1. The first-order chi connectivity index (χ1) is 12.2. The summed E-state index contributed by atoms with van der Waals surface area (Å²) in [4.78, 5) is 24.2. The van der Waals surface area contributed by atoms with Crippen molar-refractivity contribution in [2.24, 2.45) is 0 Å². The van der Waals surface area contributed by atoms with Gasteiger partial charge in [0, 0.05) is 23.2 Å². The van der Waals surface area contributed by atoms with E-state index in [-0.39, 0.29) is 30.9 Å². The number of halogens is 2. The second kappa shape index (κ2) is 9.90. The first kappa shape index (κ1) is 22.4. The fraction of sp³-hybridized carbons (Fsp3) is 0.471. The van der Waals surface area contributed by atoms with Gasteiger partial charge in [-0.2, -0.15) is 0 Å². The summed E-state index contributed by atoms with van der Waals surface area (Å²) in [6.45, 7) is 8.18. The minimum Gasteiger partial charge on any atom is -0.325 e. The highest BCUT2D eigenvalue weighted by Crippen LogP contribution is 2.53. The molecule has 0 aliphatic rings. The number of anilines is 1. The maximum absolute atomic E-state index is 13.1. The van der Waals surface area contributed by atoms with Crippen molar-refractivity contribution >= 4 is 25.0 Å². The second-order valence-electron chi connectivity index (χ2n) is 5.36. The molecular weight excluding hydrogens is 367 g/mol. The molecule has 1 atom stereocenters. The van der Waals surface area contributed by atoms with Crippen molar-refractivity contribution in [3.63, 3.8) is 0 Å². The van der Waals surface area contributed by atoms with Crippen LogP contribution in [0.4, 0.5) is 14.5 Å². The molecule has 26 heavy (non-hydrogen) atoms. The first-order valence-corrected chi connectivity index (χ1v) is 9.74. The third-order valence-electron chi connectivity index (χ3n) is 3.50. The molecule has 1 aromatic carbocycles. The van der Waals surface area contributed by atoms with E-state index >= 15 is 0 Å². The van der Waals surface area contributed by atoms with Crippen molar-refractivity contribution in [3.05, 3.63) is 36.2 Å². The largest absolute Gasteiger partial charge is 0.342 e. The van der Waals surface area contributed by atoms with Gasteiger partial charge in [-0.15, -0.1) is 0 Å². The predicted octanol–water partition coefficient (Wildman–Crippen LogP) is 4.62. The molecule has 0 bridgehead atoms. The van der Waals surface area contributed by atoms with Gasteiger partial charge in [0.1, 0.15) is 5.66 Å². The zero-order valence-electron chi connectivity index (χ0n) is 15.0. The summed E-state index contributed by atoms with van der Waals surface area (Å²) < 4.78 is 49.0. The Kier molecular flexibility index (Phi) is 8.53. The number of hydrogen-bond donors (Lipinski definition) is 1. The van der Waals surface area contributed by atoms with Crippen molar-refractivity contribution in [2.45, 2.75) is 39.3 Å². The molecule has 0 aliphatic carbocycles. The molecule has 1 aromatic rings. The Morgan fingerprint density at radius 3 is 2.23 bits per heavy atom. The van der Waals surface area contributed by atoms with Crippen LogP contribution < -0.4 is 5.32 Å². The number of carbonyl (C=O) groups is 2. The summed E-state index contributed by atoms with van der Waals surface area (Å²) in [6.07, 6.45) is -2.93. The fourth-order valence-electron chi connectivity index (χ4n) is 2.17. The van der Waals surface area contributed by atoms with Gasteiger partial charge in [0.25, 0.3) is 6.43 Å². The molecule has 0 saturated carbocycles. The normalized spacial score (nSPS) is 12.9. The molecule has 0 aliphatic heterocycles. The van der Waals surface area contributed by atoms with Gasteiger partial charge in [-0.25, -0.2) is 8.78 Å². The molecule has 6 nitrogen and oxygen atoms in total. The highest BCUT2D eigenvalue weighted by atomic mass is 31.2. The van der Waals surface area contributed by atoms with E-state index in [1.54, 1.807) is 13.8 Å². The van der Waals surface area contributed by atoms with E-state index in [9.17, 15) is 22.9 Å². The van der Waals surface area contributed by atoms with E-state index in [0.29, 0.717) is 0 Å². The zero-order valence-corrected chi connectivity index (χ0v) is 15.9. The molecule has 1 N–H and O–H groups in total. The van der Waals surface area contributed by atoms with Crippen LogP contribution in [0.5, 0.6) is 0 Å². The highest BCUT2D eigenvalue weighted by molar-refractivity contribution is 7.55. The van der Waals surface area contributed by atoms with E-state index in [1.165, 1.54) is 13.0 Å². The summed E-state index contributed by atoms with van der Waals surface area (Å²) in [5, 5.41) is 2.40. The van der Waals surface area contributed by atoms with E-state index < -0.39 is 36.9 Å². The molecule has 1 radical (unpaired) electrons. The maximum Gasteiger partial charge on any atom is 0.342 e. The van der Waals surface area contributed by atoms with Crippen LogP contribution in [0.25, 0.3) is 0 Å². The van der Waals surface area contributed by atoms with Crippen molar-refractivity contribution < 1.29 is 32.0 Å². The molecule has 0 saturated heterocycles. The Balaban J connectivity index is 3.12. The Morgan fingerprint density at radius 2 is 1.77 bits per heavy atom. The van der Waals surface area contributed by atoms with Crippen LogP contribution in [0.1, 0.15) is 49.5 Å². The molecular formula is C17H23F2NO5P. The number of benzene rings is 1. The van der Waals surface area contributed by atoms with Gasteiger partial charge in [0.15, 0.2) is 5.78 Å². The topological polar surface area (TPSA) is 81.7 Å². The lowest BCUT2D eigenvalue weighted by Crippen LogP contribution is -2.27. The maximum atomic E-state index is 13.1. The van der Waals surface area contributed by atoms with Crippen molar-refractivity contribution in [2.75, 3.05) is 18.5 Å². The number of amides is 1. The van der Waals surface area contributed by atoms with Gasteiger partial charge in [-0.3, -0.25) is 14.2 Å². The van der Waals surface area contributed by atoms with Gasteiger partial charge in [-0.1, -0.05) is 0 Å².